The maximum absolute atomic E-state index is 10.8. The number of para-hydroxylation sites is 1. The van der Waals surface area contributed by atoms with Crippen molar-refractivity contribution in [1.29, 1.82) is 0 Å². The number of carboxylic acids is 1. The Kier molecular flexibility index (Phi) is 2.95. The second kappa shape index (κ2) is 4.27. The highest BCUT2D eigenvalue weighted by Gasteiger charge is 2.36. The van der Waals surface area contributed by atoms with Crippen LogP contribution in [0, 0.1) is 0 Å². The van der Waals surface area contributed by atoms with Crippen molar-refractivity contribution in [3.63, 3.8) is 0 Å². The van der Waals surface area contributed by atoms with E-state index in [0.29, 0.717) is 16.1 Å². The van der Waals surface area contributed by atoms with E-state index in [9.17, 15) is 9.90 Å². The van der Waals surface area contributed by atoms with Crippen molar-refractivity contribution >= 4 is 11.5 Å². The molecule has 17 heavy (non-hydrogen) atoms. The first-order valence-corrected chi connectivity index (χ1v) is 5.30. The van der Waals surface area contributed by atoms with E-state index in [1.807, 2.05) is 0 Å². The Balaban J connectivity index is 2.59. The number of nitrogens with zero attached hydrogens (tertiary/aromatic N) is 1. The quantitative estimate of drug-likeness (QED) is 0.625. The lowest BCUT2D eigenvalue weighted by atomic mass is 9.97. The van der Waals surface area contributed by atoms with Crippen LogP contribution in [0.4, 0.5) is 0 Å². The van der Waals surface area contributed by atoms with Gasteiger partial charge in [-0.25, -0.2) is 4.99 Å². The van der Waals surface area contributed by atoms with E-state index in [0.717, 1.165) is 0 Å². The van der Waals surface area contributed by atoms with Crippen molar-refractivity contribution in [2.45, 2.75) is 18.6 Å². The molecule has 5 heteroatoms. The first kappa shape index (κ1) is 11.8. The lowest BCUT2D eigenvalue weighted by Crippen LogP contribution is -2.31. The van der Waals surface area contributed by atoms with E-state index >= 15 is 0 Å². The van der Waals surface area contributed by atoms with Crippen LogP contribution in [0.5, 0.6) is 0 Å². The normalized spacial score (nSPS) is 22.1. The molecule has 5 nitrogen and oxygen atoms in total. The zero-order chi connectivity index (χ0) is 12.5. The first-order chi connectivity index (χ1) is 8.07. The van der Waals surface area contributed by atoms with Crippen molar-refractivity contribution in [3.05, 3.63) is 34.8 Å². The molecule has 0 spiro atoms. The Morgan fingerprint density at radius 2 is 2.06 bits per heavy atom. The summed E-state index contributed by atoms with van der Waals surface area (Å²) in [5.74, 6) is -1.13. The van der Waals surface area contributed by atoms with Gasteiger partial charge in [0.1, 0.15) is 0 Å². The molecule has 1 aromatic rings. The summed E-state index contributed by atoms with van der Waals surface area (Å²) in [6, 6.07) is 7.04. The van der Waals surface area contributed by atoms with E-state index in [1.165, 1.54) is 0 Å². The van der Waals surface area contributed by atoms with Crippen molar-refractivity contribution < 1.29 is 20.1 Å². The van der Waals surface area contributed by atoms with Crippen molar-refractivity contribution in [2.24, 2.45) is 4.99 Å². The molecule has 3 N–H and O–H groups in total. The predicted octanol–water partition coefficient (Wildman–Crippen LogP) is -0.984. The summed E-state index contributed by atoms with van der Waals surface area (Å²) in [6.07, 6.45) is -0.276. The van der Waals surface area contributed by atoms with Gasteiger partial charge in [0.05, 0.1) is 11.8 Å². The fourth-order valence-electron chi connectivity index (χ4n) is 2.11. The number of hydrogen-bond donors (Lipinski definition) is 3. The highest BCUT2D eigenvalue weighted by molar-refractivity contribution is 5.73. The summed E-state index contributed by atoms with van der Waals surface area (Å²) < 4.78 is 0. The second-order valence-electron chi connectivity index (χ2n) is 3.97. The number of hydrogen-bond acceptors (Lipinski definition) is 4. The van der Waals surface area contributed by atoms with Gasteiger partial charge < -0.3 is 15.3 Å². The van der Waals surface area contributed by atoms with Gasteiger partial charge in [0, 0.05) is 11.8 Å². The number of carbonyl (C=O) groups is 1. The van der Waals surface area contributed by atoms with Crippen LogP contribution in [0.1, 0.15) is 12.8 Å². The van der Waals surface area contributed by atoms with Crippen LogP contribution < -0.4 is 10.6 Å². The average molecular weight is 235 g/mol. The molecule has 1 heterocycles. The van der Waals surface area contributed by atoms with E-state index in [1.54, 1.807) is 24.3 Å². The van der Waals surface area contributed by atoms with Gasteiger partial charge in [-0.3, -0.25) is 4.79 Å². The SMILES string of the molecule is O=C(O)CC1(O)N=c2ccccc2=C1CCO. The molecule has 0 saturated carbocycles. The van der Waals surface area contributed by atoms with Crippen molar-refractivity contribution in [2.75, 3.05) is 6.61 Å². The summed E-state index contributed by atoms with van der Waals surface area (Å²) in [4.78, 5) is 14.8. The fourth-order valence-corrected chi connectivity index (χ4v) is 2.11. The molecule has 0 amide bonds. The van der Waals surface area contributed by atoms with Crippen molar-refractivity contribution in [1.82, 2.24) is 0 Å². The molecule has 0 bridgehead atoms. The maximum atomic E-state index is 10.8. The molecule has 1 aliphatic rings. The lowest BCUT2D eigenvalue weighted by Gasteiger charge is -2.21. The minimum atomic E-state index is -1.72. The summed E-state index contributed by atoms with van der Waals surface area (Å²) in [7, 11) is 0. The van der Waals surface area contributed by atoms with Crippen LogP contribution in [0.25, 0.3) is 5.57 Å². The number of rotatable bonds is 4. The topological polar surface area (TPSA) is 90.1 Å². The van der Waals surface area contributed by atoms with Gasteiger partial charge in [-0.15, -0.1) is 0 Å². The van der Waals surface area contributed by atoms with E-state index in [2.05, 4.69) is 4.99 Å². The summed E-state index contributed by atoms with van der Waals surface area (Å²) >= 11 is 0. The molecule has 1 aliphatic heterocycles. The minimum Gasteiger partial charge on any atom is -0.481 e. The molecule has 0 aromatic heterocycles. The van der Waals surface area contributed by atoms with Crippen LogP contribution in [-0.2, 0) is 4.79 Å². The molecule has 0 saturated heterocycles. The molecule has 0 fully saturated rings. The molecule has 1 unspecified atom stereocenters. The zero-order valence-electron chi connectivity index (χ0n) is 9.13. The zero-order valence-corrected chi connectivity index (χ0v) is 9.13. The van der Waals surface area contributed by atoms with E-state index in [-0.39, 0.29) is 13.0 Å². The van der Waals surface area contributed by atoms with Gasteiger partial charge in [-0.05, 0) is 18.1 Å². The number of aliphatic hydroxyl groups excluding tert-OH is 1. The number of aliphatic carboxylic acids is 1. The Morgan fingerprint density at radius 1 is 1.35 bits per heavy atom. The highest BCUT2D eigenvalue weighted by Crippen LogP contribution is 2.27. The number of fused-ring (bicyclic) bond motifs is 1. The highest BCUT2D eigenvalue weighted by atomic mass is 16.4. The summed E-state index contributed by atoms with van der Waals surface area (Å²) in [6.45, 7) is -0.152. The second-order valence-corrected chi connectivity index (χ2v) is 3.97. The Morgan fingerprint density at radius 3 is 2.71 bits per heavy atom. The third kappa shape index (κ3) is 2.07. The van der Waals surface area contributed by atoms with Crippen LogP contribution in [-0.4, -0.2) is 33.6 Å². The molecule has 1 aromatic carbocycles. The monoisotopic (exact) mass is 235 g/mol. The van der Waals surface area contributed by atoms with Gasteiger partial charge in [-0.2, -0.15) is 0 Å². The van der Waals surface area contributed by atoms with Crippen LogP contribution in [0.3, 0.4) is 0 Å². The lowest BCUT2D eigenvalue weighted by molar-refractivity contribution is -0.140. The van der Waals surface area contributed by atoms with Crippen LogP contribution >= 0.6 is 0 Å². The van der Waals surface area contributed by atoms with Crippen LogP contribution in [0.15, 0.2) is 29.3 Å². The first-order valence-electron chi connectivity index (χ1n) is 5.30. The maximum Gasteiger partial charge on any atom is 0.308 e. The minimum absolute atomic E-state index is 0.152. The molecule has 90 valence electrons. The van der Waals surface area contributed by atoms with Crippen molar-refractivity contribution in [3.8, 4) is 0 Å². The molecule has 2 rings (SSSR count). The van der Waals surface area contributed by atoms with Gasteiger partial charge >= 0.3 is 5.97 Å². The largest absolute Gasteiger partial charge is 0.481 e. The van der Waals surface area contributed by atoms with E-state index < -0.39 is 18.1 Å². The molecule has 1 atom stereocenters. The fraction of sp³-hybridized carbons (Fsp3) is 0.333. The summed E-state index contributed by atoms with van der Waals surface area (Å²) in [5, 5.41) is 29.4. The Hall–Kier alpha value is -1.72. The number of benzene rings is 1. The summed E-state index contributed by atoms with van der Waals surface area (Å²) in [5.41, 5.74) is -1.25. The third-order valence-corrected chi connectivity index (χ3v) is 2.78. The van der Waals surface area contributed by atoms with Gasteiger partial charge in [0.2, 0.25) is 0 Å². The average Bonchev–Trinajstić information content (AvgIpc) is 2.51. The van der Waals surface area contributed by atoms with Crippen LogP contribution in [0.2, 0.25) is 0 Å². The molecule has 0 aliphatic carbocycles. The number of carboxylic acid groups (broad SMARTS) is 1. The molecule has 0 radical (unpaired) electrons. The Labute approximate surface area is 97.4 Å². The smallest absolute Gasteiger partial charge is 0.308 e. The van der Waals surface area contributed by atoms with Gasteiger partial charge in [0.25, 0.3) is 0 Å². The molecular weight excluding hydrogens is 222 g/mol. The van der Waals surface area contributed by atoms with Gasteiger partial charge in [-0.1, -0.05) is 18.2 Å². The number of aliphatic hydroxyl groups is 2. The van der Waals surface area contributed by atoms with E-state index in [4.69, 9.17) is 10.2 Å². The Bertz CT molecular complexity index is 566. The van der Waals surface area contributed by atoms with Gasteiger partial charge in [0.15, 0.2) is 5.72 Å². The predicted molar refractivity (Wildman–Crippen MR) is 59.5 cm³/mol. The third-order valence-electron chi connectivity index (χ3n) is 2.78. The standard InChI is InChI=1S/C12H13NO4/c14-6-5-9-8-3-1-2-4-10(8)13-12(9,17)7-11(15)16/h1-4,14,17H,5-7H2,(H,15,16). The molecular formula is C12H13NO4.